The summed E-state index contributed by atoms with van der Waals surface area (Å²) in [5, 5.41) is 7.88. The van der Waals surface area contributed by atoms with Crippen LogP contribution in [0.25, 0.3) is 0 Å². The van der Waals surface area contributed by atoms with E-state index in [4.69, 9.17) is 11.1 Å². The van der Waals surface area contributed by atoms with Gasteiger partial charge in [0.25, 0.3) is 0 Å². The van der Waals surface area contributed by atoms with Gasteiger partial charge in [-0.25, -0.2) is 0 Å². The van der Waals surface area contributed by atoms with Crippen molar-refractivity contribution in [1.29, 1.82) is 5.41 Å². The Morgan fingerprint density at radius 3 is 2.30 bits per heavy atom. The second kappa shape index (κ2) is 5.21. The molecule has 0 spiro atoms. The lowest BCUT2D eigenvalue weighted by molar-refractivity contribution is 0.876. The van der Waals surface area contributed by atoms with E-state index in [1.807, 2.05) is 18.4 Å². The van der Waals surface area contributed by atoms with Crippen molar-refractivity contribution in [3.8, 4) is 0 Å². The Morgan fingerprint density at radius 2 is 1.75 bits per heavy atom. The summed E-state index contributed by atoms with van der Waals surface area (Å²) in [5.74, 6) is 0.140. The van der Waals surface area contributed by atoms with Crippen molar-refractivity contribution in [3.05, 3.63) is 59.2 Å². The summed E-state index contributed by atoms with van der Waals surface area (Å²) < 4.78 is 0. The van der Waals surface area contributed by atoms with Gasteiger partial charge >= 0.3 is 0 Å². The lowest BCUT2D eigenvalue weighted by Gasteiger charge is -2.22. The van der Waals surface area contributed by atoms with Gasteiger partial charge in [0.05, 0.1) is 5.56 Å². The molecule has 1 aliphatic heterocycles. The summed E-state index contributed by atoms with van der Waals surface area (Å²) in [6, 6.07) is 14.6. The second-order valence-corrected chi connectivity index (χ2v) is 5.74. The van der Waals surface area contributed by atoms with E-state index in [9.17, 15) is 0 Å². The smallest absolute Gasteiger partial charge is 0.126 e. The lowest BCUT2D eigenvalue weighted by Crippen LogP contribution is -2.21. The molecule has 2 aromatic rings. The third-order valence-electron chi connectivity index (χ3n) is 3.67. The molecule has 0 fully saturated rings. The minimum absolute atomic E-state index is 0.140. The van der Waals surface area contributed by atoms with E-state index >= 15 is 0 Å². The number of nitrogens with zero attached hydrogens (tertiary/aromatic N) is 1. The van der Waals surface area contributed by atoms with Crippen molar-refractivity contribution in [2.45, 2.75) is 18.0 Å². The Kier molecular flexibility index (Phi) is 3.40. The first kappa shape index (κ1) is 13.1. The molecule has 1 aliphatic rings. The normalized spacial score (nSPS) is 13.3. The second-order valence-electron chi connectivity index (χ2n) is 4.89. The minimum atomic E-state index is 0.140. The number of nitrogens with one attached hydrogen (secondary N) is 1. The number of rotatable bonds is 3. The van der Waals surface area contributed by atoms with Gasteiger partial charge in [-0.3, -0.25) is 5.41 Å². The molecule has 2 aromatic carbocycles. The maximum Gasteiger partial charge on any atom is 0.126 e. The number of thioether (sulfide) groups is 1. The van der Waals surface area contributed by atoms with Crippen LogP contribution in [0.1, 0.15) is 16.7 Å². The Balaban J connectivity index is 2.03. The highest BCUT2D eigenvalue weighted by Gasteiger charge is 2.22. The van der Waals surface area contributed by atoms with Crippen LogP contribution >= 0.6 is 11.8 Å². The minimum Gasteiger partial charge on any atom is -0.384 e. The fraction of sp³-hybridized carbons (Fsp3) is 0.188. The number of amidine groups is 1. The summed E-state index contributed by atoms with van der Waals surface area (Å²) in [5.41, 5.74) is 10.4. The van der Waals surface area contributed by atoms with Crippen LogP contribution < -0.4 is 10.6 Å². The van der Waals surface area contributed by atoms with E-state index in [-0.39, 0.29) is 5.84 Å². The zero-order valence-electron chi connectivity index (χ0n) is 11.4. The van der Waals surface area contributed by atoms with Crippen molar-refractivity contribution in [1.82, 2.24) is 0 Å². The number of hydrogen-bond donors (Lipinski definition) is 2. The van der Waals surface area contributed by atoms with Crippen LogP contribution in [0.2, 0.25) is 0 Å². The molecule has 3 N–H and O–H groups in total. The van der Waals surface area contributed by atoms with Crippen molar-refractivity contribution in [2.24, 2.45) is 5.73 Å². The van der Waals surface area contributed by atoms with Crippen molar-refractivity contribution in [3.63, 3.8) is 0 Å². The van der Waals surface area contributed by atoms with Gasteiger partial charge in [0.2, 0.25) is 0 Å². The molecule has 0 unspecified atom stereocenters. The molecular weight excluding hydrogens is 266 g/mol. The maximum absolute atomic E-state index is 7.88. The Hall–Kier alpha value is -1.94. The molecule has 3 nitrogen and oxygen atoms in total. The molecule has 1 heterocycles. The number of nitrogen functional groups attached to an aromatic ring is 1. The zero-order chi connectivity index (χ0) is 14.1. The monoisotopic (exact) mass is 283 g/mol. The van der Waals surface area contributed by atoms with E-state index in [1.54, 1.807) is 11.8 Å². The first-order valence-corrected chi connectivity index (χ1v) is 7.76. The van der Waals surface area contributed by atoms with E-state index in [0.29, 0.717) is 0 Å². The van der Waals surface area contributed by atoms with Crippen LogP contribution in [0.4, 0.5) is 5.69 Å². The number of anilines is 1. The highest BCUT2D eigenvalue weighted by molar-refractivity contribution is 7.98. The maximum atomic E-state index is 7.88. The molecule has 0 aromatic heterocycles. The van der Waals surface area contributed by atoms with E-state index < -0.39 is 0 Å². The molecule has 3 rings (SSSR count). The average molecular weight is 283 g/mol. The average Bonchev–Trinajstić information content (AvgIpc) is 2.90. The summed E-state index contributed by atoms with van der Waals surface area (Å²) in [6.45, 7) is 1.77. The van der Waals surface area contributed by atoms with Crippen LogP contribution in [0.3, 0.4) is 0 Å². The van der Waals surface area contributed by atoms with Crippen LogP contribution in [0.5, 0.6) is 0 Å². The molecule has 0 aliphatic carbocycles. The number of nitrogens with two attached hydrogens (primary N) is 1. The fourth-order valence-electron chi connectivity index (χ4n) is 2.73. The highest BCUT2D eigenvalue weighted by Crippen LogP contribution is 2.34. The summed E-state index contributed by atoms with van der Waals surface area (Å²) in [4.78, 5) is 3.35. The quantitative estimate of drug-likeness (QED) is 0.516. The summed E-state index contributed by atoms with van der Waals surface area (Å²) >= 11 is 1.63. The van der Waals surface area contributed by atoms with Gasteiger partial charge in [0.1, 0.15) is 5.84 Å². The van der Waals surface area contributed by atoms with E-state index in [0.717, 1.165) is 29.2 Å². The number of hydrogen-bond acceptors (Lipinski definition) is 3. The summed E-state index contributed by atoms with van der Waals surface area (Å²) in [7, 11) is 0. The molecule has 0 atom stereocenters. The predicted octanol–water partition coefficient (Wildman–Crippen LogP) is 3.21. The SMILES string of the molecule is CSc1cccc(N2Cc3ccccc3C2)c1C(=N)N. The lowest BCUT2D eigenvalue weighted by atomic mass is 10.1. The van der Waals surface area contributed by atoms with Gasteiger partial charge in [-0.05, 0) is 29.5 Å². The molecular formula is C16H17N3S. The standard InChI is InChI=1S/C16H17N3S/c1-20-14-8-4-7-13(15(14)16(17)18)19-9-11-5-2-3-6-12(11)10-19/h2-8H,9-10H2,1H3,(H3,17,18). The van der Waals surface area contributed by atoms with Crippen LogP contribution in [-0.2, 0) is 13.1 Å². The fourth-order valence-corrected chi connectivity index (χ4v) is 3.36. The number of benzene rings is 2. The molecule has 0 saturated heterocycles. The van der Waals surface area contributed by atoms with Gasteiger partial charge in [-0.1, -0.05) is 30.3 Å². The van der Waals surface area contributed by atoms with Gasteiger partial charge in [0.15, 0.2) is 0 Å². The third kappa shape index (κ3) is 2.16. The van der Waals surface area contributed by atoms with Crippen LogP contribution in [-0.4, -0.2) is 12.1 Å². The molecule has 0 radical (unpaired) electrons. The molecule has 0 amide bonds. The molecule has 0 bridgehead atoms. The topological polar surface area (TPSA) is 53.1 Å². The molecule has 0 saturated carbocycles. The largest absolute Gasteiger partial charge is 0.384 e. The molecule has 20 heavy (non-hydrogen) atoms. The van der Waals surface area contributed by atoms with E-state index in [2.05, 4.69) is 35.2 Å². The van der Waals surface area contributed by atoms with Gasteiger partial charge in [0, 0.05) is 23.7 Å². The van der Waals surface area contributed by atoms with Crippen molar-refractivity contribution in [2.75, 3.05) is 11.2 Å². The Morgan fingerprint density at radius 1 is 1.10 bits per heavy atom. The molecule has 4 heteroatoms. The summed E-state index contributed by atoms with van der Waals surface area (Å²) in [6.07, 6.45) is 2.02. The van der Waals surface area contributed by atoms with Crippen molar-refractivity contribution < 1.29 is 0 Å². The molecule has 102 valence electrons. The first-order chi connectivity index (χ1) is 9.70. The Bertz CT molecular complexity index is 642. The first-order valence-electron chi connectivity index (χ1n) is 6.54. The highest BCUT2D eigenvalue weighted by atomic mass is 32.2. The zero-order valence-corrected chi connectivity index (χ0v) is 12.2. The third-order valence-corrected chi connectivity index (χ3v) is 4.46. The van der Waals surface area contributed by atoms with E-state index in [1.165, 1.54) is 11.1 Å². The van der Waals surface area contributed by atoms with Crippen LogP contribution in [0.15, 0.2) is 47.4 Å². The van der Waals surface area contributed by atoms with Crippen LogP contribution in [0, 0.1) is 5.41 Å². The predicted molar refractivity (Wildman–Crippen MR) is 85.6 cm³/mol. The number of fused-ring (bicyclic) bond motifs is 1. The Labute approximate surface area is 123 Å². The van der Waals surface area contributed by atoms with Gasteiger partial charge in [-0.2, -0.15) is 0 Å². The van der Waals surface area contributed by atoms with Gasteiger partial charge in [-0.15, -0.1) is 11.8 Å². The van der Waals surface area contributed by atoms with Crippen molar-refractivity contribution >= 4 is 23.3 Å². The van der Waals surface area contributed by atoms with Gasteiger partial charge < -0.3 is 10.6 Å².